The van der Waals surface area contributed by atoms with E-state index in [4.69, 9.17) is 4.74 Å². The quantitative estimate of drug-likeness (QED) is 0.813. The average molecular weight is 294 g/mol. The monoisotopic (exact) mass is 294 g/mol. The second kappa shape index (κ2) is 5.75. The zero-order chi connectivity index (χ0) is 14.9. The predicted molar refractivity (Wildman–Crippen MR) is 79.5 cm³/mol. The molecule has 0 aromatic carbocycles. The van der Waals surface area contributed by atoms with Gasteiger partial charge >= 0.3 is 5.97 Å². The van der Waals surface area contributed by atoms with Crippen LogP contribution in [0.2, 0.25) is 0 Å². The Hall–Kier alpha value is -1.69. The number of thiophene rings is 1. The van der Waals surface area contributed by atoms with Crippen LogP contribution in [0.5, 0.6) is 0 Å². The number of aromatic nitrogens is 2. The van der Waals surface area contributed by atoms with Gasteiger partial charge < -0.3 is 4.74 Å². The summed E-state index contributed by atoms with van der Waals surface area (Å²) in [4.78, 5) is 29.7. The third-order valence-corrected chi connectivity index (χ3v) is 4.09. The van der Waals surface area contributed by atoms with Gasteiger partial charge in [0.25, 0.3) is 5.56 Å². The predicted octanol–water partition coefficient (Wildman–Crippen LogP) is 2.74. The summed E-state index contributed by atoms with van der Waals surface area (Å²) >= 11 is 1.22. The molecule has 0 saturated heterocycles. The lowest BCUT2D eigenvalue weighted by Crippen LogP contribution is -2.20. The first-order valence-electron chi connectivity index (χ1n) is 6.65. The number of hydrogen-bond donors (Lipinski definition) is 0. The van der Waals surface area contributed by atoms with E-state index >= 15 is 0 Å². The van der Waals surface area contributed by atoms with Crippen LogP contribution in [0.3, 0.4) is 0 Å². The summed E-state index contributed by atoms with van der Waals surface area (Å²) in [6.07, 6.45) is 2.22. The minimum absolute atomic E-state index is 0.0887. The first kappa shape index (κ1) is 14.7. The molecular formula is C14H18N2O3S. The van der Waals surface area contributed by atoms with Crippen LogP contribution in [0.25, 0.3) is 10.2 Å². The fourth-order valence-corrected chi connectivity index (χ4v) is 3.04. The van der Waals surface area contributed by atoms with Gasteiger partial charge in [-0.2, -0.15) is 0 Å². The van der Waals surface area contributed by atoms with Gasteiger partial charge in [-0.3, -0.25) is 9.36 Å². The van der Waals surface area contributed by atoms with Crippen LogP contribution in [0.1, 0.15) is 42.4 Å². The molecule has 0 aliphatic rings. The number of fused-ring (bicyclic) bond motifs is 1. The van der Waals surface area contributed by atoms with Crippen molar-refractivity contribution in [3.05, 3.63) is 27.1 Å². The average Bonchev–Trinajstić information content (AvgIpc) is 2.70. The van der Waals surface area contributed by atoms with Gasteiger partial charge in [0.2, 0.25) is 0 Å². The molecule has 0 unspecified atom stereocenters. The number of carbonyl (C=O) groups excluding carboxylic acids is 1. The largest absolute Gasteiger partial charge is 0.459 e. The van der Waals surface area contributed by atoms with Gasteiger partial charge in [0.05, 0.1) is 17.8 Å². The van der Waals surface area contributed by atoms with Crippen LogP contribution in [-0.2, 0) is 11.3 Å². The maximum Gasteiger partial charge on any atom is 0.348 e. The zero-order valence-electron chi connectivity index (χ0n) is 12.1. The molecule has 0 bridgehead atoms. The number of aryl methyl sites for hydroxylation is 2. The third kappa shape index (κ3) is 2.60. The van der Waals surface area contributed by atoms with Gasteiger partial charge in [-0.25, -0.2) is 9.78 Å². The molecule has 0 amide bonds. The lowest BCUT2D eigenvalue weighted by molar-refractivity contribution is 0.0383. The van der Waals surface area contributed by atoms with E-state index in [0.29, 0.717) is 27.2 Å². The summed E-state index contributed by atoms with van der Waals surface area (Å²) < 4.78 is 6.78. The number of rotatable bonds is 4. The van der Waals surface area contributed by atoms with Gasteiger partial charge in [0, 0.05) is 6.54 Å². The Balaban J connectivity index is 2.56. The topological polar surface area (TPSA) is 61.2 Å². The maximum absolute atomic E-state index is 12.4. The minimum atomic E-state index is -0.387. The zero-order valence-corrected chi connectivity index (χ0v) is 12.9. The minimum Gasteiger partial charge on any atom is -0.459 e. The Morgan fingerprint density at radius 3 is 2.80 bits per heavy atom. The van der Waals surface area contributed by atoms with Crippen LogP contribution >= 0.6 is 11.3 Å². The van der Waals surface area contributed by atoms with Gasteiger partial charge in [0.1, 0.15) is 9.71 Å². The van der Waals surface area contributed by atoms with E-state index in [1.54, 1.807) is 31.7 Å². The molecule has 0 aliphatic heterocycles. The van der Waals surface area contributed by atoms with Crippen LogP contribution in [0.4, 0.5) is 0 Å². The second-order valence-corrected chi connectivity index (χ2v) is 5.93. The molecule has 0 fully saturated rings. The molecule has 2 aromatic heterocycles. The van der Waals surface area contributed by atoms with Crippen LogP contribution in [0, 0.1) is 6.92 Å². The highest BCUT2D eigenvalue weighted by atomic mass is 32.1. The van der Waals surface area contributed by atoms with Gasteiger partial charge in [-0.15, -0.1) is 11.3 Å². The summed E-state index contributed by atoms with van der Waals surface area (Å²) in [6.45, 7) is 8.00. The van der Waals surface area contributed by atoms with E-state index in [9.17, 15) is 9.59 Å². The van der Waals surface area contributed by atoms with E-state index in [-0.39, 0.29) is 17.6 Å². The third-order valence-electron chi connectivity index (χ3n) is 2.91. The van der Waals surface area contributed by atoms with Crippen molar-refractivity contribution in [1.29, 1.82) is 0 Å². The number of ether oxygens (including phenoxy) is 1. The smallest absolute Gasteiger partial charge is 0.348 e. The van der Waals surface area contributed by atoms with E-state index in [0.717, 1.165) is 6.42 Å². The van der Waals surface area contributed by atoms with Crippen molar-refractivity contribution in [1.82, 2.24) is 9.55 Å². The summed E-state index contributed by atoms with van der Waals surface area (Å²) in [5.41, 5.74) is 0.577. The van der Waals surface area contributed by atoms with Crippen molar-refractivity contribution in [2.24, 2.45) is 0 Å². The van der Waals surface area contributed by atoms with Crippen molar-refractivity contribution in [2.45, 2.75) is 46.8 Å². The second-order valence-electron chi connectivity index (χ2n) is 4.93. The van der Waals surface area contributed by atoms with E-state index in [1.165, 1.54) is 11.3 Å². The Labute approximate surface area is 121 Å². The molecule has 0 atom stereocenters. The molecule has 0 radical (unpaired) electrons. The molecule has 0 N–H and O–H groups in total. The van der Waals surface area contributed by atoms with E-state index in [1.807, 2.05) is 6.92 Å². The SMILES string of the molecule is CCCn1cnc2sc(C(=O)OC(C)C)c(C)c2c1=O. The number of nitrogens with zero attached hydrogens (tertiary/aromatic N) is 2. The van der Waals surface area contributed by atoms with E-state index in [2.05, 4.69) is 4.98 Å². The standard InChI is InChI=1S/C14H18N2O3S/c1-5-6-16-7-15-12-10(13(16)17)9(4)11(20-12)14(18)19-8(2)3/h7-8H,5-6H2,1-4H3. The van der Waals surface area contributed by atoms with Gasteiger partial charge in [0.15, 0.2) is 0 Å². The Morgan fingerprint density at radius 1 is 1.50 bits per heavy atom. The molecular weight excluding hydrogens is 276 g/mol. The highest BCUT2D eigenvalue weighted by molar-refractivity contribution is 7.20. The molecule has 20 heavy (non-hydrogen) atoms. The Kier molecular flexibility index (Phi) is 4.23. The number of esters is 1. The molecule has 5 nitrogen and oxygen atoms in total. The molecule has 2 aromatic rings. The van der Waals surface area contributed by atoms with Crippen molar-refractivity contribution < 1.29 is 9.53 Å². The first-order valence-corrected chi connectivity index (χ1v) is 7.46. The molecule has 0 spiro atoms. The molecule has 6 heteroatoms. The van der Waals surface area contributed by atoms with Crippen LogP contribution in [-0.4, -0.2) is 21.6 Å². The Morgan fingerprint density at radius 2 is 2.20 bits per heavy atom. The summed E-state index contributed by atoms with van der Waals surface area (Å²) in [5, 5.41) is 0.529. The van der Waals surface area contributed by atoms with E-state index < -0.39 is 0 Å². The van der Waals surface area contributed by atoms with Crippen LogP contribution < -0.4 is 5.56 Å². The molecule has 108 valence electrons. The lowest BCUT2D eigenvalue weighted by atomic mass is 10.2. The first-order chi connectivity index (χ1) is 9.45. The maximum atomic E-state index is 12.4. The molecule has 0 aliphatic carbocycles. The lowest BCUT2D eigenvalue weighted by Gasteiger charge is -2.06. The number of hydrogen-bond acceptors (Lipinski definition) is 5. The highest BCUT2D eigenvalue weighted by Gasteiger charge is 2.21. The molecule has 2 rings (SSSR count). The Bertz CT molecular complexity index is 700. The van der Waals surface area contributed by atoms with Gasteiger partial charge in [-0.1, -0.05) is 6.92 Å². The van der Waals surface area contributed by atoms with Crippen molar-refractivity contribution in [3.8, 4) is 0 Å². The van der Waals surface area contributed by atoms with Crippen LogP contribution in [0.15, 0.2) is 11.1 Å². The summed E-state index contributed by atoms with van der Waals surface area (Å²) in [6, 6.07) is 0. The molecule has 0 saturated carbocycles. The summed E-state index contributed by atoms with van der Waals surface area (Å²) in [7, 11) is 0. The highest BCUT2D eigenvalue weighted by Crippen LogP contribution is 2.27. The normalized spacial score (nSPS) is 11.2. The van der Waals surface area contributed by atoms with Crippen molar-refractivity contribution in [2.75, 3.05) is 0 Å². The fourth-order valence-electron chi connectivity index (χ4n) is 2.02. The fraction of sp³-hybridized carbons (Fsp3) is 0.500. The van der Waals surface area contributed by atoms with Crippen molar-refractivity contribution >= 4 is 27.5 Å². The van der Waals surface area contributed by atoms with Crippen molar-refractivity contribution in [3.63, 3.8) is 0 Å². The van der Waals surface area contributed by atoms with Gasteiger partial charge in [-0.05, 0) is 32.8 Å². The summed E-state index contributed by atoms with van der Waals surface area (Å²) in [5.74, 6) is -0.387. The molecule has 2 heterocycles. The number of carbonyl (C=O) groups is 1.